The molecule has 1 aliphatic rings. The number of anilines is 1. The molecule has 1 aromatic carbocycles. The highest BCUT2D eigenvalue weighted by Gasteiger charge is 2.20. The van der Waals surface area contributed by atoms with Crippen molar-refractivity contribution in [3.05, 3.63) is 29.3 Å². The Balaban J connectivity index is 2.00. The van der Waals surface area contributed by atoms with Gasteiger partial charge in [-0.15, -0.1) is 0 Å². The third-order valence-electron chi connectivity index (χ3n) is 4.03. The minimum atomic E-state index is 0.677. The van der Waals surface area contributed by atoms with Gasteiger partial charge in [-0.2, -0.15) is 0 Å². The van der Waals surface area contributed by atoms with E-state index in [-0.39, 0.29) is 0 Å². The number of nitrogens with zero attached hydrogens (tertiary/aromatic N) is 1. The van der Waals surface area contributed by atoms with Crippen molar-refractivity contribution >= 4 is 5.69 Å². The molecule has 1 saturated heterocycles. The van der Waals surface area contributed by atoms with E-state index in [1.165, 1.54) is 42.7 Å². The number of benzene rings is 1. The van der Waals surface area contributed by atoms with Gasteiger partial charge in [0, 0.05) is 25.3 Å². The molecule has 2 unspecified atom stereocenters. The van der Waals surface area contributed by atoms with Crippen LogP contribution in [-0.2, 0) is 0 Å². The quantitative estimate of drug-likeness (QED) is 0.881. The van der Waals surface area contributed by atoms with Gasteiger partial charge in [0.1, 0.15) is 0 Å². The first kappa shape index (κ1) is 13.4. The van der Waals surface area contributed by atoms with Crippen LogP contribution >= 0.6 is 0 Å². The van der Waals surface area contributed by atoms with Crippen LogP contribution in [0.1, 0.15) is 30.9 Å². The van der Waals surface area contributed by atoms with Crippen molar-refractivity contribution in [2.75, 3.05) is 25.0 Å². The van der Waals surface area contributed by atoms with Crippen LogP contribution in [0.2, 0.25) is 0 Å². The van der Waals surface area contributed by atoms with Gasteiger partial charge in [0.25, 0.3) is 0 Å². The number of rotatable bonds is 3. The number of hydrogen-bond donors (Lipinski definition) is 1. The summed E-state index contributed by atoms with van der Waals surface area (Å²) >= 11 is 0. The highest BCUT2D eigenvalue weighted by atomic mass is 15.1. The lowest BCUT2D eigenvalue weighted by atomic mass is 9.92. The second-order valence-electron chi connectivity index (χ2n) is 5.92. The van der Waals surface area contributed by atoms with Crippen LogP contribution in [-0.4, -0.2) is 26.2 Å². The summed E-state index contributed by atoms with van der Waals surface area (Å²) < 4.78 is 0. The number of aryl methyl sites for hydroxylation is 2. The van der Waals surface area contributed by atoms with Gasteiger partial charge >= 0.3 is 0 Å². The molecular weight excluding hydrogens is 220 g/mol. The minimum Gasteiger partial charge on any atom is -0.374 e. The molecule has 18 heavy (non-hydrogen) atoms. The molecule has 1 N–H and O–H groups in total. The maximum atomic E-state index is 3.53. The van der Waals surface area contributed by atoms with Crippen molar-refractivity contribution in [2.45, 2.75) is 39.7 Å². The van der Waals surface area contributed by atoms with E-state index in [9.17, 15) is 0 Å². The molecule has 0 aromatic heterocycles. The molecule has 0 spiro atoms. The SMILES string of the molecule is Cc1ccc(N(C)CC2CCNC(C)C2)c(C)c1. The molecule has 100 valence electrons. The summed E-state index contributed by atoms with van der Waals surface area (Å²) in [6.45, 7) is 9.01. The zero-order valence-corrected chi connectivity index (χ0v) is 12.2. The summed E-state index contributed by atoms with van der Waals surface area (Å²) in [5.41, 5.74) is 4.12. The molecule has 1 aliphatic heterocycles. The van der Waals surface area contributed by atoms with Crippen LogP contribution in [0.15, 0.2) is 18.2 Å². The Morgan fingerprint density at radius 2 is 2.11 bits per heavy atom. The largest absolute Gasteiger partial charge is 0.374 e. The van der Waals surface area contributed by atoms with Crippen LogP contribution in [0, 0.1) is 19.8 Å². The Kier molecular flexibility index (Phi) is 4.28. The van der Waals surface area contributed by atoms with Crippen LogP contribution in [0.25, 0.3) is 0 Å². The molecule has 2 atom stereocenters. The summed E-state index contributed by atoms with van der Waals surface area (Å²) in [4.78, 5) is 2.43. The second-order valence-corrected chi connectivity index (χ2v) is 5.92. The predicted octanol–water partition coefficient (Wildman–Crippen LogP) is 3.13. The Morgan fingerprint density at radius 3 is 2.78 bits per heavy atom. The molecule has 0 saturated carbocycles. The van der Waals surface area contributed by atoms with Gasteiger partial charge in [-0.1, -0.05) is 17.7 Å². The zero-order valence-electron chi connectivity index (χ0n) is 12.2. The molecule has 1 fully saturated rings. The Bertz CT molecular complexity index is 400. The molecule has 1 heterocycles. The van der Waals surface area contributed by atoms with E-state index in [0.717, 1.165) is 5.92 Å². The lowest BCUT2D eigenvalue weighted by molar-refractivity contribution is 0.319. The summed E-state index contributed by atoms with van der Waals surface area (Å²) in [6, 6.07) is 7.42. The van der Waals surface area contributed by atoms with E-state index in [1.807, 2.05) is 0 Å². The van der Waals surface area contributed by atoms with Crippen LogP contribution in [0.5, 0.6) is 0 Å². The van der Waals surface area contributed by atoms with Gasteiger partial charge in [-0.25, -0.2) is 0 Å². The lowest BCUT2D eigenvalue weighted by Gasteiger charge is -2.32. The van der Waals surface area contributed by atoms with Gasteiger partial charge in [0.15, 0.2) is 0 Å². The molecule has 0 aliphatic carbocycles. The average molecular weight is 246 g/mol. The molecule has 0 bridgehead atoms. The fourth-order valence-electron chi connectivity index (χ4n) is 3.12. The standard InChI is InChI=1S/C16H26N2/c1-12-5-6-16(13(2)9-12)18(4)11-15-7-8-17-14(3)10-15/h5-6,9,14-15,17H,7-8,10-11H2,1-4H3. The van der Waals surface area contributed by atoms with E-state index in [4.69, 9.17) is 0 Å². The lowest BCUT2D eigenvalue weighted by Crippen LogP contribution is -2.39. The topological polar surface area (TPSA) is 15.3 Å². The first-order valence-electron chi connectivity index (χ1n) is 7.08. The zero-order chi connectivity index (χ0) is 13.1. The van der Waals surface area contributed by atoms with E-state index < -0.39 is 0 Å². The van der Waals surface area contributed by atoms with Gasteiger partial charge in [0.05, 0.1) is 0 Å². The predicted molar refractivity (Wildman–Crippen MR) is 79.4 cm³/mol. The molecule has 2 rings (SSSR count). The second kappa shape index (κ2) is 5.75. The van der Waals surface area contributed by atoms with Gasteiger partial charge in [-0.3, -0.25) is 0 Å². The number of hydrogen-bond acceptors (Lipinski definition) is 2. The summed E-state index contributed by atoms with van der Waals surface area (Å²) in [5, 5.41) is 3.53. The minimum absolute atomic E-state index is 0.677. The highest BCUT2D eigenvalue weighted by molar-refractivity contribution is 5.53. The normalized spacial score (nSPS) is 24.0. The van der Waals surface area contributed by atoms with Crippen molar-refractivity contribution in [3.8, 4) is 0 Å². The first-order valence-corrected chi connectivity index (χ1v) is 7.08. The van der Waals surface area contributed by atoms with Crippen molar-refractivity contribution < 1.29 is 0 Å². The number of piperidine rings is 1. The van der Waals surface area contributed by atoms with Crippen molar-refractivity contribution in [3.63, 3.8) is 0 Å². The molecular formula is C16H26N2. The van der Waals surface area contributed by atoms with Crippen molar-refractivity contribution in [1.82, 2.24) is 5.32 Å². The molecule has 0 radical (unpaired) electrons. The van der Waals surface area contributed by atoms with Gasteiger partial charge in [0.2, 0.25) is 0 Å². The smallest absolute Gasteiger partial charge is 0.0393 e. The van der Waals surface area contributed by atoms with E-state index in [0.29, 0.717) is 6.04 Å². The first-order chi connectivity index (χ1) is 8.56. The van der Waals surface area contributed by atoms with E-state index >= 15 is 0 Å². The van der Waals surface area contributed by atoms with Gasteiger partial charge < -0.3 is 10.2 Å². The fraction of sp³-hybridized carbons (Fsp3) is 0.625. The molecule has 1 aromatic rings. The molecule has 2 heteroatoms. The third kappa shape index (κ3) is 3.26. The Morgan fingerprint density at radius 1 is 1.33 bits per heavy atom. The average Bonchev–Trinajstić information content (AvgIpc) is 2.28. The summed E-state index contributed by atoms with van der Waals surface area (Å²) in [6.07, 6.45) is 2.61. The monoisotopic (exact) mass is 246 g/mol. The third-order valence-corrected chi connectivity index (χ3v) is 4.03. The maximum Gasteiger partial charge on any atom is 0.0393 e. The summed E-state index contributed by atoms with van der Waals surface area (Å²) in [5.74, 6) is 0.826. The molecule has 2 nitrogen and oxygen atoms in total. The fourth-order valence-corrected chi connectivity index (χ4v) is 3.12. The van der Waals surface area contributed by atoms with Crippen molar-refractivity contribution in [2.24, 2.45) is 5.92 Å². The van der Waals surface area contributed by atoms with E-state index in [2.05, 4.69) is 56.2 Å². The van der Waals surface area contributed by atoms with Crippen LogP contribution in [0.3, 0.4) is 0 Å². The Labute approximate surface area is 111 Å². The van der Waals surface area contributed by atoms with Crippen LogP contribution < -0.4 is 10.2 Å². The maximum absolute atomic E-state index is 3.53. The van der Waals surface area contributed by atoms with E-state index in [1.54, 1.807) is 0 Å². The van der Waals surface area contributed by atoms with Gasteiger partial charge in [-0.05, 0) is 57.7 Å². The highest BCUT2D eigenvalue weighted by Crippen LogP contribution is 2.24. The van der Waals surface area contributed by atoms with Crippen LogP contribution in [0.4, 0.5) is 5.69 Å². The summed E-state index contributed by atoms with van der Waals surface area (Å²) in [7, 11) is 2.23. The Hall–Kier alpha value is -1.02. The van der Waals surface area contributed by atoms with Crippen molar-refractivity contribution in [1.29, 1.82) is 0 Å². The number of nitrogens with one attached hydrogen (secondary N) is 1. The molecule has 0 amide bonds.